The number of hydrogen-bond donors (Lipinski definition) is 1. The molecule has 0 aromatic rings. The molecule has 1 atom stereocenters. The summed E-state index contributed by atoms with van der Waals surface area (Å²) in [4.78, 5) is 2.43. The summed E-state index contributed by atoms with van der Waals surface area (Å²) in [5.74, 6) is 0. The maximum Gasteiger partial charge on any atom is 0.108 e. The molecule has 1 aliphatic heterocycles. The molecule has 0 aromatic heterocycles. The molecule has 0 amide bonds. The lowest BCUT2D eigenvalue weighted by Gasteiger charge is -2.22. The van der Waals surface area contributed by atoms with Crippen LogP contribution in [0.1, 0.15) is 39.0 Å². The van der Waals surface area contributed by atoms with E-state index < -0.39 is 0 Å². The van der Waals surface area contributed by atoms with Crippen LogP contribution >= 0.6 is 0 Å². The average molecular weight is 209 g/mol. The Hall–Kier alpha value is -0.590. The minimum Gasteiger partial charge on any atom is -0.301 e. The Kier molecular flexibility index (Phi) is 6.38. The lowest BCUT2D eigenvalue weighted by atomic mass is 10.2. The highest BCUT2D eigenvalue weighted by Crippen LogP contribution is 2.09. The fourth-order valence-corrected chi connectivity index (χ4v) is 2.05. The monoisotopic (exact) mass is 209 g/mol. The van der Waals surface area contributed by atoms with Crippen molar-refractivity contribution < 1.29 is 0 Å². The van der Waals surface area contributed by atoms with E-state index in [-0.39, 0.29) is 6.04 Å². The highest BCUT2D eigenvalue weighted by molar-refractivity contribution is 4.92. The molecule has 3 heteroatoms. The molecular weight excluding hydrogens is 186 g/mol. The number of likely N-dealkylation sites (tertiary alicyclic amines) is 1. The van der Waals surface area contributed by atoms with Crippen LogP contribution in [0.5, 0.6) is 0 Å². The summed E-state index contributed by atoms with van der Waals surface area (Å²) in [6.07, 6.45) is 6.41. The predicted molar refractivity (Wildman–Crippen MR) is 62.6 cm³/mol. The third-order valence-electron chi connectivity index (χ3n) is 2.94. The van der Waals surface area contributed by atoms with Crippen molar-refractivity contribution >= 4 is 0 Å². The highest BCUT2D eigenvalue weighted by atomic mass is 15.1. The third-order valence-corrected chi connectivity index (χ3v) is 2.94. The fourth-order valence-electron chi connectivity index (χ4n) is 2.05. The van der Waals surface area contributed by atoms with Gasteiger partial charge in [0, 0.05) is 6.54 Å². The molecule has 1 aliphatic rings. The summed E-state index contributed by atoms with van der Waals surface area (Å²) >= 11 is 0. The van der Waals surface area contributed by atoms with Gasteiger partial charge in [-0.15, -0.1) is 0 Å². The zero-order valence-electron chi connectivity index (χ0n) is 9.84. The molecule has 1 rings (SSSR count). The summed E-state index contributed by atoms with van der Waals surface area (Å²) in [5.41, 5.74) is 0. The molecule has 15 heavy (non-hydrogen) atoms. The fraction of sp³-hybridized carbons (Fsp3) is 0.917. The summed E-state index contributed by atoms with van der Waals surface area (Å²) in [6.45, 7) is 6.33. The molecular formula is C12H23N3. The molecule has 0 spiro atoms. The van der Waals surface area contributed by atoms with Gasteiger partial charge in [0.2, 0.25) is 0 Å². The average Bonchev–Trinajstić information content (AvgIpc) is 2.52. The van der Waals surface area contributed by atoms with Gasteiger partial charge in [0.15, 0.2) is 0 Å². The number of rotatable bonds is 5. The molecule has 1 heterocycles. The molecule has 86 valence electrons. The number of nitrogens with zero attached hydrogens (tertiary/aromatic N) is 2. The van der Waals surface area contributed by atoms with Crippen LogP contribution in [0.4, 0.5) is 0 Å². The van der Waals surface area contributed by atoms with Crippen LogP contribution in [0.25, 0.3) is 0 Å². The van der Waals surface area contributed by atoms with Gasteiger partial charge in [0.05, 0.1) is 6.07 Å². The van der Waals surface area contributed by atoms with E-state index in [0.717, 1.165) is 19.5 Å². The number of nitrogens with one attached hydrogen (secondary N) is 1. The van der Waals surface area contributed by atoms with Crippen LogP contribution in [-0.4, -0.2) is 37.1 Å². The molecule has 1 saturated heterocycles. The van der Waals surface area contributed by atoms with Crippen molar-refractivity contribution in [2.24, 2.45) is 0 Å². The van der Waals surface area contributed by atoms with E-state index in [1.165, 1.54) is 38.8 Å². The molecule has 1 fully saturated rings. The second-order valence-corrected chi connectivity index (χ2v) is 4.35. The van der Waals surface area contributed by atoms with E-state index in [4.69, 9.17) is 5.26 Å². The van der Waals surface area contributed by atoms with E-state index in [9.17, 15) is 0 Å². The minimum absolute atomic E-state index is 0.0167. The zero-order chi connectivity index (χ0) is 10.9. The van der Waals surface area contributed by atoms with Gasteiger partial charge in [-0.3, -0.25) is 0 Å². The largest absolute Gasteiger partial charge is 0.301 e. The lowest BCUT2D eigenvalue weighted by molar-refractivity contribution is 0.267. The lowest BCUT2D eigenvalue weighted by Crippen LogP contribution is -2.40. The van der Waals surface area contributed by atoms with Crippen molar-refractivity contribution in [2.75, 3.05) is 26.2 Å². The van der Waals surface area contributed by atoms with Crippen LogP contribution in [-0.2, 0) is 0 Å². The molecule has 0 aromatic carbocycles. The Morgan fingerprint density at radius 1 is 1.27 bits per heavy atom. The SMILES string of the molecule is CCCNC(C#N)CN1CCCCCC1. The summed E-state index contributed by atoms with van der Waals surface area (Å²) in [7, 11) is 0. The Balaban J connectivity index is 2.26. The Labute approximate surface area is 93.5 Å². The van der Waals surface area contributed by atoms with Crippen molar-refractivity contribution in [2.45, 2.75) is 45.1 Å². The van der Waals surface area contributed by atoms with Crippen molar-refractivity contribution in [1.82, 2.24) is 10.2 Å². The standard InChI is InChI=1S/C12H23N3/c1-2-7-14-12(10-13)11-15-8-5-3-4-6-9-15/h12,14H,2-9,11H2,1H3. The van der Waals surface area contributed by atoms with Gasteiger partial charge in [-0.2, -0.15) is 5.26 Å². The smallest absolute Gasteiger partial charge is 0.108 e. The summed E-state index contributed by atoms with van der Waals surface area (Å²) in [6, 6.07) is 2.37. The Morgan fingerprint density at radius 3 is 2.47 bits per heavy atom. The molecule has 3 nitrogen and oxygen atoms in total. The zero-order valence-corrected chi connectivity index (χ0v) is 9.84. The second-order valence-electron chi connectivity index (χ2n) is 4.35. The topological polar surface area (TPSA) is 39.1 Å². The van der Waals surface area contributed by atoms with Gasteiger partial charge in [0.25, 0.3) is 0 Å². The van der Waals surface area contributed by atoms with Crippen LogP contribution in [0, 0.1) is 11.3 Å². The highest BCUT2D eigenvalue weighted by Gasteiger charge is 2.14. The minimum atomic E-state index is 0.0167. The van der Waals surface area contributed by atoms with E-state index in [2.05, 4.69) is 23.2 Å². The molecule has 1 N–H and O–H groups in total. The van der Waals surface area contributed by atoms with Crippen molar-refractivity contribution in [3.63, 3.8) is 0 Å². The molecule has 0 radical (unpaired) electrons. The van der Waals surface area contributed by atoms with E-state index in [1.807, 2.05) is 0 Å². The first kappa shape index (κ1) is 12.5. The van der Waals surface area contributed by atoms with Crippen molar-refractivity contribution in [3.8, 4) is 6.07 Å². The van der Waals surface area contributed by atoms with E-state index >= 15 is 0 Å². The first-order valence-corrected chi connectivity index (χ1v) is 6.22. The Bertz CT molecular complexity index is 190. The van der Waals surface area contributed by atoms with Crippen LogP contribution in [0.2, 0.25) is 0 Å². The second kappa shape index (κ2) is 7.67. The predicted octanol–water partition coefficient (Wildman–Crippen LogP) is 1.75. The van der Waals surface area contributed by atoms with Crippen LogP contribution in [0.15, 0.2) is 0 Å². The third kappa shape index (κ3) is 5.15. The van der Waals surface area contributed by atoms with Crippen molar-refractivity contribution in [3.05, 3.63) is 0 Å². The van der Waals surface area contributed by atoms with E-state index in [1.54, 1.807) is 0 Å². The Morgan fingerprint density at radius 2 is 1.93 bits per heavy atom. The quantitative estimate of drug-likeness (QED) is 0.750. The van der Waals surface area contributed by atoms with Gasteiger partial charge >= 0.3 is 0 Å². The summed E-state index contributed by atoms with van der Waals surface area (Å²) < 4.78 is 0. The van der Waals surface area contributed by atoms with Gasteiger partial charge in [-0.25, -0.2) is 0 Å². The first-order chi connectivity index (χ1) is 7.36. The van der Waals surface area contributed by atoms with Gasteiger partial charge in [-0.1, -0.05) is 19.8 Å². The van der Waals surface area contributed by atoms with Crippen molar-refractivity contribution in [1.29, 1.82) is 5.26 Å². The molecule has 0 bridgehead atoms. The number of hydrogen-bond acceptors (Lipinski definition) is 3. The molecule has 0 saturated carbocycles. The maximum absolute atomic E-state index is 9.01. The first-order valence-electron chi connectivity index (χ1n) is 6.22. The van der Waals surface area contributed by atoms with Gasteiger partial charge in [-0.05, 0) is 38.9 Å². The van der Waals surface area contributed by atoms with Crippen LogP contribution < -0.4 is 5.32 Å². The molecule has 1 unspecified atom stereocenters. The van der Waals surface area contributed by atoms with E-state index in [0.29, 0.717) is 0 Å². The molecule has 0 aliphatic carbocycles. The van der Waals surface area contributed by atoms with Crippen LogP contribution in [0.3, 0.4) is 0 Å². The normalized spacial score (nSPS) is 20.5. The van der Waals surface area contributed by atoms with Gasteiger partial charge < -0.3 is 10.2 Å². The maximum atomic E-state index is 9.01. The van der Waals surface area contributed by atoms with Gasteiger partial charge in [0.1, 0.15) is 6.04 Å². The number of nitriles is 1. The summed E-state index contributed by atoms with van der Waals surface area (Å²) in [5, 5.41) is 12.3.